The summed E-state index contributed by atoms with van der Waals surface area (Å²) in [6.45, 7) is 5.41. The number of carbonyl (C=O) groups is 3. The molecule has 3 fully saturated rings. The molecule has 1 aliphatic carbocycles. The third-order valence-electron chi connectivity index (χ3n) is 3.87. The second-order valence-corrected chi connectivity index (χ2v) is 6.44. The number of thiol groups is 1. The van der Waals surface area contributed by atoms with Crippen LogP contribution in [0.5, 0.6) is 0 Å². The summed E-state index contributed by atoms with van der Waals surface area (Å²) in [4.78, 5) is 41.8. The lowest BCUT2D eigenvalue weighted by Crippen LogP contribution is -2.29. The van der Waals surface area contributed by atoms with Crippen LogP contribution >= 0.6 is 12.6 Å². The molecule has 3 heterocycles. The van der Waals surface area contributed by atoms with E-state index in [1.807, 2.05) is 14.7 Å². The van der Waals surface area contributed by atoms with Crippen molar-refractivity contribution in [3.8, 4) is 0 Å². The Morgan fingerprint density at radius 2 is 1.39 bits per heavy atom. The molecule has 0 N–H and O–H groups in total. The van der Waals surface area contributed by atoms with Crippen LogP contribution in [0.15, 0.2) is 23.2 Å². The number of hydrogen-bond acceptors (Lipinski definition) is 6. The third kappa shape index (κ3) is 3.52. The molecule has 8 heteroatoms. The third-order valence-corrected chi connectivity index (χ3v) is 4.27. The van der Waals surface area contributed by atoms with Gasteiger partial charge in [-0.15, -0.1) is 0 Å². The number of nitrogens with zero attached hydrogens (tertiary/aromatic N) is 4. The number of amides is 1. The van der Waals surface area contributed by atoms with Crippen molar-refractivity contribution in [2.24, 2.45) is 0 Å². The summed E-state index contributed by atoms with van der Waals surface area (Å²) in [5, 5.41) is -0.213. The molecule has 4 rings (SSSR count). The molecule has 124 valence electrons. The van der Waals surface area contributed by atoms with Gasteiger partial charge in [0.1, 0.15) is 11.4 Å². The predicted molar refractivity (Wildman–Crippen MR) is 87.9 cm³/mol. The lowest BCUT2D eigenvalue weighted by Gasteiger charge is -2.21. The quantitative estimate of drug-likeness (QED) is 0.437. The predicted octanol–water partition coefficient (Wildman–Crippen LogP) is -0.222. The first kappa shape index (κ1) is 15.9. The summed E-state index contributed by atoms with van der Waals surface area (Å²) in [6.07, 6.45) is 1.52. The Morgan fingerprint density at radius 1 is 0.957 bits per heavy atom. The molecule has 4 aliphatic rings. The van der Waals surface area contributed by atoms with Crippen molar-refractivity contribution in [3.05, 3.63) is 23.2 Å². The van der Waals surface area contributed by atoms with Crippen LogP contribution < -0.4 is 0 Å². The highest BCUT2D eigenvalue weighted by Gasteiger charge is 2.43. The molecule has 0 atom stereocenters. The average molecular weight is 336 g/mol. The zero-order chi connectivity index (χ0) is 16.7. The van der Waals surface area contributed by atoms with Crippen LogP contribution in [0.25, 0.3) is 0 Å². The molecule has 0 radical (unpaired) electrons. The van der Waals surface area contributed by atoms with Crippen molar-refractivity contribution in [2.45, 2.75) is 0 Å². The van der Waals surface area contributed by atoms with Gasteiger partial charge in [0.05, 0.1) is 5.70 Å². The zero-order valence-corrected chi connectivity index (χ0v) is 14.2. The van der Waals surface area contributed by atoms with E-state index >= 15 is 0 Å². The first-order valence-electron chi connectivity index (χ1n) is 7.60. The molecule has 0 aromatic rings. The van der Waals surface area contributed by atoms with Crippen LogP contribution in [0.3, 0.4) is 0 Å². The molecule has 7 nitrogen and oxygen atoms in total. The number of hydrogen-bond donors (Lipinski definition) is 1. The highest BCUT2D eigenvalue weighted by atomic mass is 32.1. The van der Waals surface area contributed by atoms with E-state index in [1.165, 1.54) is 11.0 Å². The molecule has 0 unspecified atom stereocenters. The molecule has 23 heavy (non-hydrogen) atoms. The van der Waals surface area contributed by atoms with Gasteiger partial charge in [-0.1, -0.05) is 12.6 Å². The fourth-order valence-electron chi connectivity index (χ4n) is 2.28. The van der Waals surface area contributed by atoms with Gasteiger partial charge in [0.25, 0.3) is 5.24 Å². The molecule has 1 amide bonds. The minimum absolute atomic E-state index is 0.00546. The number of ketones is 2. The van der Waals surface area contributed by atoms with Crippen LogP contribution in [0.2, 0.25) is 0 Å². The van der Waals surface area contributed by atoms with Crippen molar-refractivity contribution >= 4 is 29.4 Å². The van der Waals surface area contributed by atoms with E-state index in [2.05, 4.69) is 12.6 Å². The highest BCUT2D eigenvalue weighted by molar-refractivity contribution is 7.96. The van der Waals surface area contributed by atoms with Gasteiger partial charge < -0.3 is 19.6 Å². The summed E-state index contributed by atoms with van der Waals surface area (Å²) in [5.41, 5.74) is 1.89. The Kier molecular flexibility index (Phi) is 4.09. The van der Waals surface area contributed by atoms with E-state index in [-0.39, 0.29) is 16.8 Å². The Hall–Kier alpha value is -1.96. The van der Waals surface area contributed by atoms with E-state index in [1.54, 1.807) is 14.1 Å². The smallest absolute Gasteiger partial charge is 0.278 e. The molecule has 0 bridgehead atoms. The summed E-state index contributed by atoms with van der Waals surface area (Å²) < 4.78 is 0. The molecule has 0 aromatic carbocycles. The summed E-state index contributed by atoms with van der Waals surface area (Å²) >= 11 is 3.48. The SMILES string of the molecule is CN(C)C(=O)S.O=C1C=C(N2CC2)C(=O)C(N2CC2)=C1N1CC1. The number of carbonyl (C=O) groups excluding carboxylic acids is 3. The summed E-state index contributed by atoms with van der Waals surface area (Å²) in [5.74, 6) is 0.0485. The second kappa shape index (κ2) is 5.92. The van der Waals surface area contributed by atoms with E-state index in [0.29, 0.717) is 17.1 Å². The van der Waals surface area contributed by atoms with Crippen LogP contribution in [0, 0.1) is 0 Å². The van der Waals surface area contributed by atoms with Crippen molar-refractivity contribution < 1.29 is 14.4 Å². The zero-order valence-electron chi connectivity index (χ0n) is 13.3. The Morgan fingerprint density at radius 3 is 1.78 bits per heavy atom. The Bertz CT molecular complexity index is 629. The second-order valence-electron chi connectivity index (χ2n) is 6.06. The molecule has 0 saturated carbocycles. The fraction of sp³-hybridized carbons (Fsp3) is 0.533. The van der Waals surface area contributed by atoms with Gasteiger partial charge in [0, 0.05) is 59.4 Å². The average Bonchev–Trinajstić information content (AvgIpc) is 3.36. The van der Waals surface area contributed by atoms with E-state index in [4.69, 9.17) is 0 Å². The maximum atomic E-state index is 12.4. The molecule has 0 aromatic heterocycles. The molecule has 3 saturated heterocycles. The van der Waals surface area contributed by atoms with Crippen molar-refractivity contribution in [3.63, 3.8) is 0 Å². The monoisotopic (exact) mass is 336 g/mol. The Labute approximate surface area is 140 Å². The normalized spacial score (nSPS) is 21.7. The van der Waals surface area contributed by atoms with Crippen molar-refractivity contribution in [1.29, 1.82) is 0 Å². The molecular weight excluding hydrogens is 316 g/mol. The lowest BCUT2D eigenvalue weighted by atomic mass is 10.0. The fourth-order valence-corrected chi connectivity index (χ4v) is 2.28. The van der Waals surface area contributed by atoms with Crippen molar-refractivity contribution in [2.75, 3.05) is 53.4 Å². The van der Waals surface area contributed by atoms with Crippen LogP contribution in [-0.2, 0) is 9.59 Å². The number of rotatable bonds is 3. The van der Waals surface area contributed by atoms with Gasteiger partial charge in [-0.3, -0.25) is 14.4 Å². The van der Waals surface area contributed by atoms with Gasteiger partial charge in [0.2, 0.25) is 11.6 Å². The van der Waals surface area contributed by atoms with E-state index < -0.39 is 0 Å². The summed E-state index contributed by atoms with van der Waals surface area (Å²) in [6, 6.07) is 0. The lowest BCUT2D eigenvalue weighted by molar-refractivity contribution is -0.117. The van der Waals surface area contributed by atoms with Crippen LogP contribution in [-0.4, -0.2) is 89.8 Å². The minimum Gasteiger partial charge on any atom is -0.365 e. The van der Waals surface area contributed by atoms with Gasteiger partial charge >= 0.3 is 0 Å². The highest BCUT2D eigenvalue weighted by Crippen LogP contribution is 2.33. The molecule has 0 spiro atoms. The standard InChI is InChI=1S/C12H13N3O2.C3H7NOS/c16-9-7-8(13-1-2-13)12(17)11(15-5-6-15)10(9)14-3-4-14;1-4(2)3(5)6/h7H,1-6H2;1-2H3,(H,5,6). The topological polar surface area (TPSA) is 63.5 Å². The number of Topliss-reactive ketones (excluding diaryl/α,β-unsaturated/α-hetero) is 1. The van der Waals surface area contributed by atoms with Gasteiger partial charge in [0.15, 0.2) is 0 Å². The van der Waals surface area contributed by atoms with Gasteiger partial charge in [-0.2, -0.15) is 0 Å². The first-order chi connectivity index (χ1) is 10.9. The largest absolute Gasteiger partial charge is 0.365 e. The van der Waals surface area contributed by atoms with Gasteiger partial charge in [-0.05, 0) is 0 Å². The molecule has 3 aliphatic heterocycles. The van der Waals surface area contributed by atoms with Crippen LogP contribution in [0.1, 0.15) is 0 Å². The van der Waals surface area contributed by atoms with Crippen LogP contribution in [0.4, 0.5) is 4.79 Å². The maximum Gasteiger partial charge on any atom is 0.278 e. The Balaban J connectivity index is 0.000000227. The van der Waals surface area contributed by atoms with Gasteiger partial charge in [-0.25, -0.2) is 0 Å². The minimum atomic E-state index is -0.213. The van der Waals surface area contributed by atoms with Crippen molar-refractivity contribution in [1.82, 2.24) is 19.6 Å². The summed E-state index contributed by atoms with van der Waals surface area (Å²) in [7, 11) is 3.30. The maximum absolute atomic E-state index is 12.4. The first-order valence-corrected chi connectivity index (χ1v) is 8.05. The van der Waals surface area contributed by atoms with E-state index in [0.717, 1.165) is 39.3 Å². The van der Waals surface area contributed by atoms with E-state index in [9.17, 15) is 14.4 Å². The number of allylic oxidation sites excluding steroid dienone is 1. The molecular formula is C15H20N4O3S.